The zero-order valence-electron chi connectivity index (χ0n) is 12.3. The van der Waals surface area contributed by atoms with Crippen molar-refractivity contribution in [2.45, 2.75) is 13.8 Å². The van der Waals surface area contributed by atoms with Gasteiger partial charge in [0.2, 0.25) is 0 Å². The van der Waals surface area contributed by atoms with E-state index in [0.717, 1.165) is 10.9 Å². The van der Waals surface area contributed by atoms with Crippen molar-refractivity contribution < 1.29 is 13.9 Å². The summed E-state index contributed by atoms with van der Waals surface area (Å²) in [6, 6.07) is 13.7. The van der Waals surface area contributed by atoms with Crippen LogP contribution in [0.25, 0.3) is 11.0 Å². The Morgan fingerprint density at radius 1 is 1.00 bits per heavy atom. The average molecular weight is 294 g/mol. The van der Waals surface area contributed by atoms with Crippen LogP contribution in [0.5, 0.6) is 5.75 Å². The number of hydrogen-bond acceptors (Lipinski definition) is 4. The maximum Gasteiger partial charge on any atom is 0.343 e. The molecule has 0 spiro atoms. The predicted octanol–water partition coefficient (Wildman–Crippen LogP) is 3.63. The monoisotopic (exact) mass is 294 g/mol. The smallest absolute Gasteiger partial charge is 0.343 e. The van der Waals surface area contributed by atoms with Gasteiger partial charge < -0.3 is 9.15 Å². The molecule has 0 aliphatic heterocycles. The first-order valence-electron chi connectivity index (χ1n) is 6.87. The van der Waals surface area contributed by atoms with Gasteiger partial charge in [-0.2, -0.15) is 0 Å². The second kappa shape index (κ2) is 5.48. The van der Waals surface area contributed by atoms with E-state index in [9.17, 15) is 9.59 Å². The molecule has 1 aromatic heterocycles. The molecule has 0 saturated heterocycles. The lowest BCUT2D eigenvalue weighted by atomic mass is 10.1. The number of aryl methyl sites for hydroxylation is 1. The molecule has 3 rings (SSSR count). The van der Waals surface area contributed by atoms with Crippen LogP contribution in [0.1, 0.15) is 21.5 Å². The van der Waals surface area contributed by atoms with Crippen LogP contribution in [0.4, 0.5) is 0 Å². The highest BCUT2D eigenvalue weighted by Gasteiger charge is 2.11. The van der Waals surface area contributed by atoms with Gasteiger partial charge in [-0.1, -0.05) is 18.2 Å². The second-order valence-corrected chi connectivity index (χ2v) is 5.05. The van der Waals surface area contributed by atoms with Gasteiger partial charge in [-0.25, -0.2) is 9.59 Å². The molecular formula is C18H14O4. The van der Waals surface area contributed by atoms with Crippen LogP contribution in [0.3, 0.4) is 0 Å². The Labute approximate surface area is 127 Å². The molecule has 0 aliphatic rings. The SMILES string of the molecule is Cc1c(C)c2ccc(OC(=O)c3ccccc3)cc2oc1=O. The molecule has 3 aromatic rings. The molecule has 0 unspecified atom stereocenters. The zero-order valence-corrected chi connectivity index (χ0v) is 12.3. The number of ether oxygens (including phenoxy) is 1. The normalized spacial score (nSPS) is 10.6. The van der Waals surface area contributed by atoms with Gasteiger partial charge in [-0.3, -0.25) is 0 Å². The first-order chi connectivity index (χ1) is 10.6. The Morgan fingerprint density at radius 2 is 1.73 bits per heavy atom. The maximum atomic E-state index is 12.0. The van der Waals surface area contributed by atoms with Crippen LogP contribution in [-0.4, -0.2) is 5.97 Å². The Balaban J connectivity index is 1.98. The first kappa shape index (κ1) is 14.1. The summed E-state index contributed by atoms with van der Waals surface area (Å²) in [7, 11) is 0. The molecule has 110 valence electrons. The van der Waals surface area contributed by atoms with E-state index < -0.39 is 5.97 Å². The molecule has 0 fully saturated rings. The highest BCUT2D eigenvalue weighted by molar-refractivity contribution is 5.91. The minimum atomic E-state index is -0.453. The van der Waals surface area contributed by atoms with E-state index in [-0.39, 0.29) is 5.63 Å². The zero-order chi connectivity index (χ0) is 15.7. The van der Waals surface area contributed by atoms with E-state index in [1.165, 1.54) is 0 Å². The van der Waals surface area contributed by atoms with Crippen molar-refractivity contribution in [3.63, 3.8) is 0 Å². The van der Waals surface area contributed by atoms with Crippen LogP contribution >= 0.6 is 0 Å². The number of rotatable bonds is 2. The van der Waals surface area contributed by atoms with Crippen LogP contribution in [0, 0.1) is 13.8 Å². The third-order valence-electron chi connectivity index (χ3n) is 3.65. The lowest BCUT2D eigenvalue weighted by Gasteiger charge is -2.07. The Hall–Kier alpha value is -2.88. The molecule has 0 amide bonds. The average Bonchev–Trinajstić information content (AvgIpc) is 2.53. The van der Waals surface area contributed by atoms with E-state index in [2.05, 4.69) is 0 Å². The molecular weight excluding hydrogens is 280 g/mol. The van der Waals surface area contributed by atoms with Gasteiger partial charge in [0, 0.05) is 17.0 Å². The highest BCUT2D eigenvalue weighted by Crippen LogP contribution is 2.24. The topological polar surface area (TPSA) is 56.5 Å². The summed E-state index contributed by atoms with van der Waals surface area (Å²) in [6.45, 7) is 3.59. The van der Waals surface area contributed by atoms with Crippen molar-refractivity contribution >= 4 is 16.9 Å². The number of fused-ring (bicyclic) bond motifs is 1. The summed E-state index contributed by atoms with van der Waals surface area (Å²) in [4.78, 5) is 23.8. The molecule has 0 atom stereocenters. The van der Waals surface area contributed by atoms with E-state index in [1.54, 1.807) is 49.4 Å². The number of esters is 1. The van der Waals surface area contributed by atoms with Crippen LogP contribution in [-0.2, 0) is 0 Å². The maximum absolute atomic E-state index is 12.0. The van der Waals surface area contributed by atoms with Gasteiger partial charge in [0.05, 0.1) is 5.56 Å². The molecule has 4 nitrogen and oxygen atoms in total. The fraction of sp³-hybridized carbons (Fsp3) is 0.111. The lowest BCUT2D eigenvalue weighted by molar-refractivity contribution is 0.0735. The van der Waals surface area contributed by atoms with Crippen LogP contribution in [0.2, 0.25) is 0 Å². The molecule has 0 N–H and O–H groups in total. The molecule has 0 aliphatic carbocycles. The third kappa shape index (κ3) is 2.51. The molecule has 0 radical (unpaired) electrons. The van der Waals surface area contributed by atoms with Gasteiger partial charge in [0.1, 0.15) is 11.3 Å². The van der Waals surface area contributed by atoms with E-state index >= 15 is 0 Å². The van der Waals surface area contributed by atoms with Crippen molar-refractivity contribution in [2.75, 3.05) is 0 Å². The van der Waals surface area contributed by atoms with E-state index in [4.69, 9.17) is 9.15 Å². The molecule has 2 aromatic carbocycles. The lowest BCUT2D eigenvalue weighted by Crippen LogP contribution is -2.09. The molecule has 1 heterocycles. The van der Waals surface area contributed by atoms with E-state index in [0.29, 0.717) is 22.5 Å². The standard InChI is InChI=1S/C18H14O4/c1-11-12(2)17(19)22-16-10-14(8-9-15(11)16)21-18(20)13-6-4-3-5-7-13/h3-10H,1-2H3. The quantitative estimate of drug-likeness (QED) is 0.411. The van der Waals surface area contributed by atoms with Crippen molar-refractivity contribution in [1.82, 2.24) is 0 Å². The third-order valence-corrected chi connectivity index (χ3v) is 3.65. The van der Waals surface area contributed by atoms with Crippen LogP contribution in [0.15, 0.2) is 57.7 Å². The largest absolute Gasteiger partial charge is 0.423 e. The highest BCUT2D eigenvalue weighted by atomic mass is 16.5. The summed E-state index contributed by atoms with van der Waals surface area (Å²) in [5.74, 6) is -0.112. The van der Waals surface area contributed by atoms with Crippen molar-refractivity contribution in [2.24, 2.45) is 0 Å². The first-order valence-corrected chi connectivity index (χ1v) is 6.87. The fourth-order valence-electron chi connectivity index (χ4n) is 2.23. The van der Waals surface area contributed by atoms with Crippen molar-refractivity contribution in [3.05, 3.63) is 75.6 Å². The minimum absolute atomic E-state index is 0.341. The minimum Gasteiger partial charge on any atom is -0.423 e. The Bertz CT molecular complexity index is 908. The summed E-state index contributed by atoms with van der Waals surface area (Å²) >= 11 is 0. The number of benzene rings is 2. The Morgan fingerprint density at radius 3 is 2.45 bits per heavy atom. The summed E-state index contributed by atoms with van der Waals surface area (Å²) in [5, 5.41) is 0.830. The molecule has 4 heteroatoms. The van der Waals surface area contributed by atoms with Gasteiger partial charge in [0.15, 0.2) is 0 Å². The number of carbonyl (C=O) groups is 1. The number of carbonyl (C=O) groups excluding carboxylic acids is 1. The summed E-state index contributed by atoms with van der Waals surface area (Å²) in [5.41, 5.74) is 1.95. The number of hydrogen-bond donors (Lipinski definition) is 0. The molecule has 22 heavy (non-hydrogen) atoms. The molecule has 0 saturated carbocycles. The summed E-state index contributed by atoms with van der Waals surface area (Å²) in [6.07, 6.45) is 0. The second-order valence-electron chi connectivity index (χ2n) is 5.05. The summed E-state index contributed by atoms with van der Waals surface area (Å²) < 4.78 is 10.6. The van der Waals surface area contributed by atoms with Gasteiger partial charge in [-0.05, 0) is 43.7 Å². The van der Waals surface area contributed by atoms with Gasteiger partial charge >= 0.3 is 11.6 Å². The fourth-order valence-corrected chi connectivity index (χ4v) is 2.23. The predicted molar refractivity (Wildman–Crippen MR) is 83.4 cm³/mol. The van der Waals surface area contributed by atoms with E-state index in [1.807, 2.05) is 13.0 Å². The molecule has 0 bridgehead atoms. The Kier molecular flexibility index (Phi) is 3.51. The van der Waals surface area contributed by atoms with Crippen molar-refractivity contribution in [3.8, 4) is 5.75 Å². The van der Waals surface area contributed by atoms with Gasteiger partial charge in [-0.15, -0.1) is 0 Å². The van der Waals surface area contributed by atoms with Crippen LogP contribution < -0.4 is 10.4 Å². The van der Waals surface area contributed by atoms with Gasteiger partial charge in [0.25, 0.3) is 0 Å². The van der Waals surface area contributed by atoms with Crippen molar-refractivity contribution in [1.29, 1.82) is 0 Å².